The zero-order valence-corrected chi connectivity index (χ0v) is 11.7. The highest BCUT2D eigenvalue weighted by molar-refractivity contribution is 7.10. The summed E-state index contributed by atoms with van der Waals surface area (Å²) < 4.78 is 0. The molecule has 1 heterocycles. The molecular formula is C13H24N2S. The first kappa shape index (κ1) is 13.7. The summed E-state index contributed by atoms with van der Waals surface area (Å²) in [5.41, 5.74) is 6.09. The van der Waals surface area contributed by atoms with Gasteiger partial charge in [0.05, 0.1) is 0 Å². The third-order valence-corrected chi connectivity index (χ3v) is 3.94. The number of nitrogens with two attached hydrogens (primary N) is 1. The Hall–Kier alpha value is -0.380. The van der Waals surface area contributed by atoms with Crippen molar-refractivity contribution < 1.29 is 0 Å². The third kappa shape index (κ3) is 4.64. The molecule has 0 aromatic carbocycles. The van der Waals surface area contributed by atoms with E-state index < -0.39 is 0 Å². The molecule has 0 bridgehead atoms. The van der Waals surface area contributed by atoms with Gasteiger partial charge in [-0.2, -0.15) is 0 Å². The van der Waals surface area contributed by atoms with Crippen molar-refractivity contribution in [3.05, 3.63) is 22.4 Å². The van der Waals surface area contributed by atoms with E-state index in [9.17, 15) is 0 Å². The van der Waals surface area contributed by atoms with E-state index >= 15 is 0 Å². The van der Waals surface area contributed by atoms with E-state index in [1.54, 1.807) is 0 Å². The molecule has 92 valence electrons. The van der Waals surface area contributed by atoms with Crippen LogP contribution in [0.3, 0.4) is 0 Å². The minimum atomic E-state index is -0.0694. The summed E-state index contributed by atoms with van der Waals surface area (Å²) in [5, 5.41) is 5.64. The van der Waals surface area contributed by atoms with Crippen LogP contribution in [-0.4, -0.2) is 18.6 Å². The Kier molecular flexibility index (Phi) is 4.53. The summed E-state index contributed by atoms with van der Waals surface area (Å²) in [5.74, 6) is 0. The third-order valence-electron chi connectivity index (χ3n) is 2.70. The lowest BCUT2D eigenvalue weighted by molar-refractivity contribution is 0.421. The lowest BCUT2D eigenvalue weighted by Crippen LogP contribution is -2.39. The Morgan fingerprint density at radius 3 is 2.50 bits per heavy atom. The second-order valence-electron chi connectivity index (χ2n) is 5.78. The molecule has 0 aliphatic heterocycles. The summed E-state index contributed by atoms with van der Waals surface area (Å²) in [6.07, 6.45) is 1.01. The second kappa shape index (κ2) is 5.30. The summed E-state index contributed by atoms with van der Waals surface area (Å²) in [6, 6.07) is 4.32. The van der Waals surface area contributed by atoms with Crippen molar-refractivity contribution in [3.63, 3.8) is 0 Å². The molecule has 0 amide bonds. The second-order valence-corrected chi connectivity index (χ2v) is 6.72. The minimum absolute atomic E-state index is 0.0694. The summed E-state index contributed by atoms with van der Waals surface area (Å²) in [7, 11) is 0. The van der Waals surface area contributed by atoms with Crippen molar-refractivity contribution in [1.82, 2.24) is 5.32 Å². The van der Waals surface area contributed by atoms with Crippen LogP contribution in [0.15, 0.2) is 17.5 Å². The van der Waals surface area contributed by atoms with Gasteiger partial charge in [0.15, 0.2) is 0 Å². The summed E-state index contributed by atoms with van der Waals surface area (Å²) in [6.45, 7) is 10.7. The van der Waals surface area contributed by atoms with Crippen LogP contribution < -0.4 is 11.1 Å². The van der Waals surface area contributed by atoms with Gasteiger partial charge in [-0.15, -0.1) is 11.3 Å². The van der Waals surface area contributed by atoms with Gasteiger partial charge in [0.25, 0.3) is 0 Å². The highest BCUT2D eigenvalue weighted by atomic mass is 32.1. The van der Waals surface area contributed by atoms with E-state index in [0.29, 0.717) is 0 Å². The topological polar surface area (TPSA) is 38.0 Å². The SMILES string of the molecule is CC(C)(N)CCNCC(C)(C)c1cccs1. The van der Waals surface area contributed by atoms with Gasteiger partial charge in [-0.1, -0.05) is 19.9 Å². The molecule has 0 saturated carbocycles. The predicted octanol–water partition coefficient (Wildman–Crippen LogP) is 2.74. The molecule has 0 atom stereocenters. The van der Waals surface area contributed by atoms with Crippen LogP contribution in [0.1, 0.15) is 39.0 Å². The lowest BCUT2D eigenvalue weighted by Gasteiger charge is -2.25. The molecule has 0 fully saturated rings. The lowest BCUT2D eigenvalue weighted by atomic mass is 9.91. The molecule has 2 nitrogen and oxygen atoms in total. The molecular weight excluding hydrogens is 216 g/mol. The van der Waals surface area contributed by atoms with Crippen molar-refractivity contribution >= 4 is 11.3 Å². The van der Waals surface area contributed by atoms with E-state index in [1.807, 2.05) is 11.3 Å². The Morgan fingerprint density at radius 2 is 2.00 bits per heavy atom. The molecule has 0 radical (unpaired) electrons. The first-order valence-electron chi connectivity index (χ1n) is 5.85. The minimum Gasteiger partial charge on any atom is -0.326 e. The molecule has 1 rings (SSSR count). The number of thiophene rings is 1. The van der Waals surface area contributed by atoms with Crippen molar-refractivity contribution in [2.45, 2.75) is 45.1 Å². The van der Waals surface area contributed by atoms with Crippen molar-refractivity contribution in [3.8, 4) is 0 Å². The average Bonchev–Trinajstić information content (AvgIpc) is 2.64. The van der Waals surface area contributed by atoms with Gasteiger partial charge in [0.2, 0.25) is 0 Å². The molecule has 0 aliphatic carbocycles. The van der Waals surface area contributed by atoms with Crippen LogP contribution in [0.2, 0.25) is 0 Å². The first-order valence-corrected chi connectivity index (χ1v) is 6.73. The standard InChI is InChI=1S/C13H24N2S/c1-12(2,11-6-5-9-16-11)10-15-8-7-13(3,4)14/h5-6,9,15H,7-8,10,14H2,1-4H3. The van der Waals surface area contributed by atoms with Crippen LogP contribution >= 0.6 is 11.3 Å². The van der Waals surface area contributed by atoms with Gasteiger partial charge in [0.1, 0.15) is 0 Å². The van der Waals surface area contributed by atoms with E-state index in [0.717, 1.165) is 19.5 Å². The van der Waals surface area contributed by atoms with Crippen LogP contribution in [-0.2, 0) is 5.41 Å². The van der Waals surface area contributed by atoms with Gasteiger partial charge in [0, 0.05) is 22.4 Å². The number of rotatable bonds is 6. The maximum Gasteiger partial charge on any atom is 0.0115 e. The molecule has 0 unspecified atom stereocenters. The Morgan fingerprint density at radius 1 is 1.31 bits per heavy atom. The molecule has 3 heteroatoms. The quantitative estimate of drug-likeness (QED) is 0.750. The van der Waals surface area contributed by atoms with Crippen molar-refractivity contribution in [2.24, 2.45) is 5.73 Å². The predicted molar refractivity (Wildman–Crippen MR) is 73.1 cm³/mol. The van der Waals surface area contributed by atoms with Crippen LogP contribution in [0.25, 0.3) is 0 Å². The molecule has 3 N–H and O–H groups in total. The Balaban J connectivity index is 2.32. The zero-order chi connectivity index (χ0) is 12.2. The maximum atomic E-state index is 5.94. The molecule has 1 aromatic heterocycles. The Labute approximate surface area is 103 Å². The summed E-state index contributed by atoms with van der Waals surface area (Å²) >= 11 is 1.83. The van der Waals surface area contributed by atoms with Gasteiger partial charge in [-0.25, -0.2) is 0 Å². The van der Waals surface area contributed by atoms with Crippen molar-refractivity contribution in [1.29, 1.82) is 0 Å². The van der Waals surface area contributed by atoms with Crippen LogP contribution in [0.4, 0.5) is 0 Å². The van der Waals surface area contributed by atoms with E-state index in [1.165, 1.54) is 4.88 Å². The molecule has 0 spiro atoms. The van der Waals surface area contributed by atoms with E-state index in [-0.39, 0.29) is 11.0 Å². The van der Waals surface area contributed by atoms with Crippen LogP contribution in [0.5, 0.6) is 0 Å². The average molecular weight is 240 g/mol. The normalized spacial score (nSPS) is 13.1. The van der Waals surface area contributed by atoms with Crippen molar-refractivity contribution in [2.75, 3.05) is 13.1 Å². The van der Waals surface area contributed by atoms with E-state index in [4.69, 9.17) is 5.73 Å². The Bertz CT molecular complexity index is 296. The number of hydrogen-bond donors (Lipinski definition) is 2. The fourth-order valence-corrected chi connectivity index (χ4v) is 2.41. The maximum absolute atomic E-state index is 5.94. The van der Waals surface area contributed by atoms with Crippen LogP contribution in [0, 0.1) is 0 Å². The van der Waals surface area contributed by atoms with E-state index in [2.05, 4.69) is 50.5 Å². The highest BCUT2D eigenvalue weighted by Crippen LogP contribution is 2.26. The smallest absolute Gasteiger partial charge is 0.0115 e. The monoisotopic (exact) mass is 240 g/mol. The highest BCUT2D eigenvalue weighted by Gasteiger charge is 2.21. The first-order chi connectivity index (χ1) is 7.31. The van der Waals surface area contributed by atoms with Gasteiger partial charge < -0.3 is 11.1 Å². The zero-order valence-electron chi connectivity index (χ0n) is 10.8. The molecule has 0 aliphatic rings. The van der Waals surface area contributed by atoms with Gasteiger partial charge in [-0.05, 0) is 38.3 Å². The fourth-order valence-electron chi connectivity index (χ4n) is 1.56. The van der Waals surface area contributed by atoms with Gasteiger partial charge >= 0.3 is 0 Å². The van der Waals surface area contributed by atoms with Gasteiger partial charge in [-0.3, -0.25) is 0 Å². The molecule has 1 aromatic rings. The molecule has 0 saturated heterocycles. The molecule has 16 heavy (non-hydrogen) atoms. The number of nitrogens with one attached hydrogen (secondary N) is 1. The number of hydrogen-bond acceptors (Lipinski definition) is 3. The summed E-state index contributed by atoms with van der Waals surface area (Å²) in [4.78, 5) is 1.44. The largest absolute Gasteiger partial charge is 0.326 e. The fraction of sp³-hybridized carbons (Fsp3) is 0.692.